The smallest absolute Gasteiger partial charge is 0.324 e. The van der Waals surface area contributed by atoms with E-state index < -0.39 is 0 Å². The van der Waals surface area contributed by atoms with E-state index in [2.05, 4.69) is 0 Å². The normalized spacial score (nSPS) is 21.2. The Labute approximate surface area is 78.3 Å². The van der Waals surface area contributed by atoms with Crippen LogP contribution >= 0.6 is 0 Å². The largest absolute Gasteiger partial charge is 0.324 e. The van der Waals surface area contributed by atoms with Gasteiger partial charge in [0.1, 0.15) is 0 Å². The van der Waals surface area contributed by atoms with Crippen LogP contribution in [-0.2, 0) is 0 Å². The van der Waals surface area contributed by atoms with Crippen molar-refractivity contribution in [3.63, 3.8) is 0 Å². The third kappa shape index (κ3) is 1.74. The van der Waals surface area contributed by atoms with Gasteiger partial charge in [-0.3, -0.25) is 4.90 Å². The third-order valence-corrected chi connectivity index (χ3v) is 2.44. The molecule has 0 N–H and O–H groups in total. The summed E-state index contributed by atoms with van der Waals surface area (Å²) in [6, 6.07) is 0.151. The van der Waals surface area contributed by atoms with Gasteiger partial charge in [-0.1, -0.05) is 12.2 Å². The summed E-state index contributed by atoms with van der Waals surface area (Å²) in [4.78, 5) is 15.4. The van der Waals surface area contributed by atoms with Crippen molar-refractivity contribution in [3.8, 4) is 0 Å². The second-order valence-corrected chi connectivity index (χ2v) is 3.40. The van der Waals surface area contributed by atoms with E-state index in [-0.39, 0.29) is 6.03 Å². The Morgan fingerprint density at radius 3 is 2.54 bits per heavy atom. The van der Waals surface area contributed by atoms with E-state index in [0.717, 1.165) is 25.9 Å². The number of amides is 2. The van der Waals surface area contributed by atoms with E-state index in [1.54, 1.807) is 4.90 Å². The molecule has 0 saturated carbocycles. The highest BCUT2D eigenvalue weighted by atomic mass is 16.2. The summed E-state index contributed by atoms with van der Waals surface area (Å²) in [5, 5.41) is 0. The molecule has 0 aromatic carbocycles. The van der Waals surface area contributed by atoms with Crippen LogP contribution in [0, 0.1) is 0 Å². The topological polar surface area (TPSA) is 23.6 Å². The number of urea groups is 1. The molecular formula is C10H14N2O. The van der Waals surface area contributed by atoms with E-state index in [4.69, 9.17) is 0 Å². The second kappa shape index (κ2) is 3.64. The van der Waals surface area contributed by atoms with Gasteiger partial charge in [0.2, 0.25) is 0 Å². The summed E-state index contributed by atoms with van der Waals surface area (Å²) < 4.78 is 0. The summed E-state index contributed by atoms with van der Waals surface area (Å²) in [6.07, 6.45) is 10.0. The van der Waals surface area contributed by atoms with Gasteiger partial charge in [0.15, 0.2) is 0 Å². The Hall–Kier alpha value is -1.25. The van der Waals surface area contributed by atoms with Gasteiger partial charge in [-0.2, -0.15) is 0 Å². The summed E-state index contributed by atoms with van der Waals surface area (Å²) >= 11 is 0. The average molecular weight is 178 g/mol. The lowest BCUT2D eigenvalue weighted by molar-refractivity contribution is 0.183. The summed E-state index contributed by atoms with van der Waals surface area (Å²) in [6.45, 7) is 2.56. The van der Waals surface area contributed by atoms with Gasteiger partial charge < -0.3 is 4.90 Å². The van der Waals surface area contributed by atoms with Crippen molar-refractivity contribution in [1.29, 1.82) is 0 Å². The van der Waals surface area contributed by atoms with Crippen molar-refractivity contribution in [1.82, 2.24) is 9.80 Å². The van der Waals surface area contributed by atoms with Crippen LogP contribution in [0.1, 0.15) is 12.8 Å². The molecule has 3 nitrogen and oxygen atoms in total. The molecule has 3 heteroatoms. The Morgan fingerprint density at radius 1 is 1.15 bits per heavy atom. The molecular weight excluding hydrogens is 164 g/mol. The fraction of sp³-hybridized carbons (Fsp3) is 0.500. The number of likely N-dealkylation sites (tertiary alicyclic amines) is 1. The van der Waals surface area contributed by atoms with Crippen molar-refractivity contribution in [2.45, 2.75) is 12.8 Å². The van der Waals surface area contributed by atoms with Crippen LogP contribution in [0.15, 0.2) is 24.4 Å². The molecule has 0 aliphatic carbocycles. The minimum atomic E-state index is 0.151. The van der Waals surface area contributed by atoms with Crippen molar-refractivity contribution in [3.05, 3.63) is 24.4 Å². The van der Waals surface area contributed by atoms with Crippen LogP contribution in [-0.4, -0.2) is 35.5 Å². The SMILES string of the molecule is O=C(N1C=CC=CC1)N1CCCC1. The molecule has 0 radical (unpaired) electrons. The number of hydrogen-bond donors (Lipinski definition) is 0. The molecule has 0 unspecified atom stereocenters. The molecule has 13 heavy (non-hydrogen) atoms. The zero-order chi connectivity index (χ0) is 9.10. The quantitative estimate of drug-likeness (QED) is 0.552. The first-order chi connectivity index (χ1) is 6.38. The zero-order valence-electron chi connectivity index (χ0n) is 7.65. The van der Waals surface area contributed by atoms with Crippen LogP contribution in [0.25, 0.3) is 0 Å². The molecule has 2 heterocycles. The van der Waals surface area contributed by atoms with Crippen LogP contribution in [0.4, 0.5) is 4.79 Å². The van der Waals surface area contributed by atoms with Gasteiger partial charge in [0.25, 0.3) is 0 Å². The molecule has 2 aliphatic rings. The van der Waals surface area contributed by atoms with Gasteiger partial charge in [0, 0.05) is 25.8 Å². The summed E-state index contributed by atoms with van der Waals surface area (Å²) in [5.74, 6) is 0. The number of nitrogens with zero attached hydrogens (tertiary/aromatic N) is 2. The Kier molecular flexibility index (Phi) is 2.34. The molecule has 2 aliphatic heterocycles. The van der Waals surface area contributed by atoms with E-state index in [9.17, 15) is 4.79 Å². The van der Waals surface area contributed by atoms with Gasteiger partial charge in [-0.15, -0.1) is 0 Å². The molecule has 0 aromatic heterocycles. The summed E-state index contributed by atoms with van der Waals surface area (Å²) in [5.41, 5.74) is 0. The van der Waals surface area contributed by atoms with Crippen LogP contribution in [0.5, 0.6) is 0 Å². The molecule has 2 rings (SSSR count). The lowest BCUT2D eigenvalue weighted by atomic mass is 10.3. The van der Waals surface area contributed by atoms with Crippen molar-refractivity contribution in [2.75, 3.05) is 19.6 Å². The van der Waals surface area contributed by atoms with Gasteiger partial charge in [-0.25, -0.2) is 4.79 Å². The molecule has 0 aromatic rings. The van der Waals surface area contributed by atoms with E-state index in [0.29, 0.717) is 6.54 Å². The molecule has 1 fully saturated rings. The van der Waals surface area contributed by atoms with Crippen LogP contribution in [0.2, 0.25) is 0 Å². The first-order valence-corrected chi connectivity index (χ1v) is 4.77. The first-order valence-electron chi connectivity index (χ1n) is 4.77. The number of hydrogen-bond acceptors (Lipinski definition) is 1. The maximum Gasteiger partial charge on any atom is 0.324 e. The molecule has 0 spiro atoms. The zero-order valence-corrected chi connectivity index (χ0v) is 7.65. The number of carbonyl (C=O) groups is 1. The summed E-state index contributed by atoms with van der Waals surface area (Å²) in [7, 11) is 0. The standard InChI is InChI=1S/C10H14N2O/c13-10(12-8-4-5-9-12)11-6-2-1-3-7-11/h1-3,6H,4-5,7-9H2. The molecule has 1 saturated heterocycles. The highest BCUT2D eigenvalue weighted by molar-refractivity contribution is 5.76. The average Bonchev–Trinajstić information content (AvgIpc) is 2.71. The van der Waals surface area contributed by atoms with Crippen molar-refractivity contribution in [2.24, 2.45) is 0 Å². The van der Waals surface area contributed by atoms with E-state index in [1.807, 2.05) is 29.3 Å². The van der Waals surface area contributed by atoms with Crippen molar-refractivity contribution >= 4 is 6.03 Å². The van der Waals surface area contributed by atoms with Crippen LogP contribution < -0.4 is 0 Å². The minimum absolute atomic E-state index is 0.151. The number of carbonyl (C=O) groups excluding carboxylic acids is 1. The molecule has 70 valence electrons. The van der Waals surface area contributed by atoms with Gasteiger partial charge >= 0.3 is 6.03 Å². The molecule has 0 bridgehead atoms. The number of rotatable bonds is 0. The maximum atomic E-state index is 11.8. The highest BCUT2D eigenvalue weighted by Crippen LogP contribution is 2.11. The highest BCUT2D eigenvalue weighted by Gasteiger charge is 2.21. The van der Waals surface area contributed by atoms with Crippen molar-refractivity contribution < 1.29 is 4.79 Å². The lowest BCUT2D eigenvalue weighted by Crippen LogP contribution is -2.39. The monoisotopic (exact) mass is 178 g/mol. The number of allylic oxidation sites excluding steroid dienone is 2. The Bertz CT molecular complexity index is 252. The third-order valence-electron chi connectivity index (χ3n) is 2.44. The predicted octanol–water partition coefficient (Wildman–Crippen LogP) is 1.59. The first kappa shape index (κ1) is 8.35. The fourth-order valence-electron chi connectivity index (χ4n) is 1.70. The Morgan fingerprint density at radius 2 is 1.92 bits per heavy atom. The predicted molar refractivity (Wildman–Crippen MR) is 51.2 cm³/mol. The van der Waals surface area contributed by atoms with Gasteiger partial charge in [-0.05, 0) is 18.9 Å². The molecule has 2 amide bonds. The Balaban J connectivity index is 1.96. The fourth-order valence-corrected chi connectivity index (χ4v) is 1.70. The van der Waals surface area contributed by atoms with Crippen LogP contribution in [0.3, 0.4) is 0 Å². The lowest BCUT2D eigenvalue weighted by Gasteiger charge is -2.24. The minimum Gasteiger partial charge on any atom is -0.324 e. The second-order valence-electron chi connectivity index (χ2n) is 3.40. The molecule has 0 atom stereocenters. The van der Waals surface area contributed by atoms with E-state index in [1.165, 1.54) is 0 Å². The van der Waals surface area contributed by atoms with E-state index >= 15 is 0 Å². The maximum absolute atomic E-state index is 11.8. The van der Waals surface area contributed by atoms with Gasteiger partial charge in [0.05, 0.1) is 0 Å².